The molecule has 2 aromatic rings. The fraction of sp³-hybridized carbons (Fsp3) is 0.125. The maximum Gasteiger partial charge on any atom is 0.134 e. The van der Waals surface area contributed by atoms with Crippen LogP contribution in [0, 0.1) is 22.7 Å². The van der Waals surface area contributed by atoms with E-state index in [0.717, 1.165) is 0 Å². The molecule has 0 heterocycles. The summed E-state index contributed by atoms with van der Waals surface area (Å²) in [6, 6.07) is 15.6. The van der Waals surface area contributed by atoms with Crippen molar-refractivity contribution in [3.05, 3.63) is 59.2 Å². The number of aliphatic hydroxyl groups is 1. The number of rotatable bonds is 3. The summed E-state index contributed by atoms with van der Waals surface area (Å²) in [5, 5.41) is 27.4. The molecular formula is C16H12N2O2. The van der Waals surface area contributed by atoms with Crippen LogP contribution in [-0.2, 0) is 0 Å². The molecule has 0 spiro atoms. The highest BCUT2D eigenvalue weighted by atomic mass is 16.5. The van der Waals surface area contributed by atoms with Crippen molar-refractivity contribution in [1.29, 1.82) is 10.5 Å². The molecule has 0 fully saturated rings. The van der Waals surface area contributed by atoms with E-state index in [1.807, 2.05) is 12.1 Å². The molecule has 0 saturated heterocycles. The Bertz CT molecular complexity index is 692. The van der Waals surface area contributed by atoms with Gasteiger partial charge in [0.05, 0.1) is 29.4 Å². The van der Waals surface area contributed by atoms with Crippen molar-refractivity contribution in [1.82, 2.24) is 0 Å². The summed E-state index contributed by atoms with van der Waals surface area (Å²) in [7, 11) is 0. The Morgan fingerprint density at radius 3 is 2.15 bits per heavy atom. The van der Waals surface area contributed by atoms with Crippen molar-refractivity contribution >= 4 is 0 Å². The topological polar surface area (TPSA) is 77.0 Å². The second-order valence-electron chi connectivity index (χ2n) is 4.28. The normalized spacial score (nSPS) is 11.2. The smallest absolute Gasteiger partial charge is 0.134 e. The van der Waals surface area contributed by atoms with E-state index in [2.05, 4.69) is 0 Å². The van der Waals surface area contributed by atoms with Gasteiger partial charge >= 0.3 is 0 Å². The SMILES string of the molecule is C[C@@H](O)c1ccc(C#N)cc1Oc1ccc(C#N)cc1. The van der Waals surface area contributed by atoms with Crippen LogP contribution in [0.2, 0.25) is 0 Å². The lowest BCUT2D eigenvalue weighted by Gasteiger charge is -2.13. The Kier molecular flexibility index (Phi) is 4.00. The Hall–Kier alpha value is -2.82. The van der Waals surface area contributed by atoms with Crippen molar-refractivity contribution in [2.24, 2.45) is 0 Å². The number of nitriles is 2. The van der Waals surface area contributed by atoms with Gasteiger partial charge in [0, 0.05) is 5.56 Å². The van der Waals surface area contributed by atoms with E-state index < -0.39 is 6.10 Å². The van der Waals surface area contributed by atoms with E-state index >= 15 is 0 Å². The first-order valence-corrected chi connectivity index (χ1v) is 6.04. The second kappa shape index (κ2) is 5.88. The number of nitrogens with zero attached hydrogens (tertiary/aromatic N) is 2. The van der Waals surface area contributed by atoms with Crippen LogP contribution in [-0.4, -0.2) is 5.11 Å². The first-order chi connectivity index (χ1) is 9.63. The molecule has 0 aromatic heterocycles. The van der Waals surface area contributed by atoms with Gasteiger partial charge in [-0.2, -0.15) is 10.5 Å². The van der Waals surface area contributed by atoms with Crippen LogP contribution >= 0.6 is 0 Å². The van der Waals surface area contributed by atoms with Gasteiger partial charge in [0.25, 0.3) is 0 Å². The lowest BCUT2D eigenvalue weighted by atomic mass is 10.1. The molecule has 0 aliphatic rings. The molecule has 0 aliphatic carbocycles. The highest BCUT2D eigenvalue weighted by Crippen LogP contribution is 2.30. The molecule has 0 amide bonds. The van der Waals surface area contributed by atoms with Crippen molar-refractivity contribution in [3.8, 4) is 23.6 Å². The molecule has 0 saturated carbocycles. The fourth-order valence-corrected chi connectivity index (χ4v) is 1.76. The first kappa shape index (κ1) is 13.6. The van der Waals surface area contributed by atoms with E-state index in [-0.39, 0.29) is 0 Å². The van der Waals surface area contributed by atoms with Crippen molar-refractivity contribution in [3.63, 3.8) is 0 Å². The average molecular weight is 264 g/mol. The van der Waals surface area contributed by atoms with Gasteiger partial charge in [0.2, 0.25) is 0 Å². The van der Waals surface area contributed by atoms with Crippen LogP contribution in [0.15, 0.2) is 42.5 Å². The summed E-state index contributed by atoms with van der Waals surface area (Å²) in [6.45, 7) is 1.63. The average Bonchev–Trinajstić information content (AvgIpc) is 2.47. The van der Waals surface area contributed by atoms with Crippen LogP contribution in [0.3, 0.4) is 0 Å². The molecule has 0 unspecified atom stereocenters. The molecule has 4 heteroatoms. The maximum atomic E-state index is 9.72. The zero-order chi connectivity index (χ0) is 14.5. The van der Waals surface area contributed by atoms with Gasteiger partial charge in [-0.15, -0.1) is 0 Å². The molecule has 20 heavy (non-hydrogen) atoms. The van der Waals surface area contributed by atoms with Gasteiger partial charge in [-0.3, -0.25) is 0 Å². The predicted molar refractivity (Wildman–Crippen MR) is 73.0 cm³/mol. The summed E-state index contributed by atoms with van der Waals surface area (Å²) in [4.78, 5) is 0. The summed E-state index contributed by atoms with van der Waals surface area (Å²) in [5.74, 6) is 0.977. The van der Waals surface area contributed by atoms with Crippen LogP contribution in [0.4, 0.5) is 0 Å². The van der Waals surface area contributed by atoms with Crippen LogP contribution < -0.4 is 4.74 Å². The number of hydrogen-bond donors (Lipinski definition) is 1. The van der Waals surface area contributed by atoms with Crippen LogP contribution in [0.25, 0.3) is 0 Å². The van der Waals surface area contributed by atoms with E-state index in [9.17, 15) is 5.11 Å². The van der Waals surface area contributed by atoms with E-state index in [1.54, 1.807) is 49.4 Å². The lowest BCUT2D eigenvalue weighted by Crippen LogP contribution is -1.97. The summed E-state index contributed by atoms with van der Waals surface area (Å²) in [6.07, 6.45) is -0.698. The minimum absolute atomic E-state index is 0.434. The standard InChI is InChI=1S/C16H12N2O2/c1-11(19)15-7-4-13(10-18)8-16(15)20-14-5-2-12(9-17)3-6-14/h2-8,11,19H,1H3/t11-/m1/s1. The molecule has 2 rings (SSSR count). The zero-order valence-corrected chi connectivity index (χ0v) is 10.9. The third-order valence-corrected chi connectivity index (χ3v) is 2.80. The zero-order valence-electron chi connectivity index (χ0n) is 10.9. The molecular weight excluding hydrogens is 252 g/mol. The van der Waals surface area contributed by atoms with E-state index in [0.29, 0.717) is 28.2 Å². The molecule has 1 N–H and O–H groups in total. The van der Waals surface area contributed by atoms with Gasteiger partial charge in [0.15, 0.2) is 0 Å². The molecule has 1 atom stereocenters. The minimum atomic E-state index is -0.698. The Morgan fingerprint density at radius 1 is 1.00 bits per heavy atom. The molecule has 0 radical (unpaired) electrons. The lowest BCUT2D eigenvalue weighted by molar-refractivity contribution is 0.195. The molecule has 98 valence electrons. The molecule has 4 nitrogen and oxygen atoms in total. The third-order valence-electron chi connectivity index (χ3n) is 2.80. The number of benzene rings is 2. The quantitative estimate of drug-likeness (QED) is 0.922. The van der Waals surface area contributed by atoms with Crippen molar-refractivity contribution in [2.75, 3.05) is 0 Å². The van der Waals surface area contributed by atoms with Gasteiger partial charge < -0.3 is 9.84 Å². The maximum absolute atomic E-state index is 9.72. The minimum Gasteiger partial charge on any atom is -0.457 e. The van der Waals surface area contributed by atoms with Crippen molar-refractivity contribution < 1.29 is 9.84 Å². The van der Waals surface area contributed by atoms with Gasteiger partial charge in [-0.25, -0.2) is 0 Å². The number of hydrogen-bond acceptors (Lipinski definition) is 4. The summed E-state index contributed by atoms with van der Waals surface area (Å²) < 4.78 is 5.69. The molecule has 0 bridgehead atoms. The van der Waals surface area contributed by atoms with E-state index in [4.69, 9.17) is 15.3 Å². The first-order valence-electron chi connectivity index (χ1n) is 6.04. The van der Waals surface area contributed by atoms with Crippen LogP contribution in [0.1, 0.15) is 29.7 Å². The Balaban J connectivity index is 2.36. The second-order valence-corrected chi connectivity index (χ2v) is 4.28. The molecule has 0 aliphatic heterocycles. The Labute approximate surface area is 117 Å². The van der Waals surface area contributed by atoms with Gasteiger partial charge in [0.1, 0.15) is 11.5 Å². The molecule has 2 aromatic carbocycles. The predicted octanol–water partition coefficient (Wildman–Crippen LogP) is 3.28. The fourth-order valence-electron chi connectivity index (χ4n) is 1.76. The summed E-state index contributed by atoms with van der Waals surface area (Å²) in [5.41, 5.74) is 1.60. The highest BCUT2D eigenvalue weighted by Gasteiger charge is 2.11. The number of ether oxygens (including phenoxy) is 1. The third kappa shape index (κ3) is 2.95. The van der Waals surface area contributed by atoms with Crippen LogP contribution in [0.5, 0.6) is 11.5 Å². The largest absolute Gasteiger partial charge is 0.457 e. The number of aliphatic hydroxyl groups excluding tert-OH is 1. The highest BCUT2D eigenvalue weighted by molar-refractivity contribution is 5.46. The van der Waals surface area contributed by atoms with Gasteiger partial charge in [-0.05, 0) is 43.3 Å². The van der Waals surface area contributed by atoms with E-state index in [1.165, 1.54) is 0 Å². The Morgan fingerprint density at radius 2 is 1.60 bits per heavy atom. The van der Waals surface area contributed by atoms with Crippen molar-refractivity contribution in [2.45, 2.75) is 13.0 Å². The monoisotopic (exact) mass is 264 g/mol. The van der Waals surface area contributed by atoms with Gasteiger partial charge in [-0.1, -0.05) is 6.07 Å². The summed E-state index contributed by atoms with van der Waals surface area (Å²) >= 11 is 0.